The molecule has 0 aliphatic carbocycles. The molecule has 1 fully saturated rings. The van der Waals surface area contributed by atoms with Crippen LogP contribution in [0.25, 0.3) is 5.69 Å². The van der Waals surface area contributed by atoms with Gasteiger partial charge in [-0.05, 0) is 48.4 Å². The van der Waals surface area contributed by atoms with E-state index in [9.17, 15) is 9.59 Å². The summed E-state index contributed by atoms with van der Waals surface area (Å²) < 4.78 is 2.67. The van der Waals surface area contributed by atoms with Gasteiger partial charge in [-0.2, -0.15) is 5.10 Å². The number of aromatic nitrogens is 3. The number of nitrogens with zero attached hydrogens (tertiary/aromatic N) is 4. The number of hydrogen-bond donors (Lipinski definition) is 1. The number of aryl methyl sites for hydroxylation is 1. The maximum Gasteiger partial charge on any atom is 0.227 e. The monoisotopic (exact) mass is 453 g/mol. The van der Waals surface area contributed by atoms with Crippen LogP contribution in [0.2, 0.25) is 0 Å². The van der Waals surface area contributed by atoms with Crippen LogP contribution in [0.3, 0.4) is 0 Å². The average Bonchev–Trinajstić information content (AvgIpc) is 3.39. The Morgan fingerprint density at radius 2 is 1.97 bits per heavy atom. The van der Waals surface area contributed by atoms with Gasteiger partial charge in [-0.1, -0.05) is 28.1 Å². The molecule has 1 aromatic heterocycles. The van der Waals surface area contributed by atoms with E-state index in [-0.39, 0.29) is 24.2 Å². The summed E-state index contributed by atoms with van der Waals surface area (Å²) in [6.45, 7) is 2.79. The lowest BCUT2D eigenvalue weighted by Crippen LogP contribution is -2.32. The van der Waals surface area contributed by atoms with E-state index < -0.39 is 0 Å². The van der Waals surface area contributed by atoms with E-state index in [4.69, 9.17) is 0 Å². The second kappa shape index (κ2) is 8.16. The fourth-order valence-corrected chi connectivity index (χ4v) is 3.62. The first-order chi connectivity index (χ1) is 14.0. The van der Waals surface area contributed by atoms with Crippen molar-refractivity contribution in [3.8, 4) is 5.69 Å². The number of hydrogen-bond acceptors (Lipinski definition) is 4. The molecule has 1 aliphatic heterocycles. The Balaban J connectivity index is 1.35. The van der Waals surface area contributed by atoms with Crippen molar-refractivity contribution in [3.63, 3.8) is 0 Å². The van der Waals surface area contributed by atoms with Gasteiger partial charge in [-0.25, -0.2) is 9.67 Å². The Morgan fingerprint density at radius 3 is 2.66 bits per heavy atom. The van der Waals surface area contributed by atoms with E-state index >= 15 is 0 Å². The number of amides is 2. The van der Waals surface area contributed by atoms with Gasteiger partial charge in [0, 0.05) is 29.7 Å². The number of carbonyl (C=O) groups excluding carboxylic acids is 2. The summed E-state index contributed by atoms with van der Waals surface area (Å²) in [7, 11) is 0. The van der Waals surface area contributed by atoms with Crippen molar-refractivity contribution in [2.45, 2.75) is 19.9 Å². The second-order valence-corrected chi connectivity index (χ2v) is 7.92. The predicted octanol–water partition coefficient (Wildman–Crippen LogP) is 3.01. The van der Waals surface area contributed by atoms with Gasteiger partial charge in [-0.15, -0.1) is 0 Å². The van der Waals surface area contributed by atoms with E-state index in [0.29, 0.717) is 13.1 Å². The highest BCUT2D eigenvalue weighted by molar-refractivity contribution is 9.10. The lowest BCUT2D eigenvalue weighted by atomic mass is 10.1. The number of nitrogens with one attached hydrogen (secondary N) is 1. The normalized spacial score (nSPS) is 16.3. The molecule has 0 bridgehead atoms. The van der Waals surface area contributed by atoms with E-state index in [0.717, 1.165) is 27.0 Å². The number of benzene rings is 2. The summed E-state index contributed by atoms with van der Waals surface area (Å²) in [6.07, 6.45) is 3.34. The Labute approximate surface area is 176 Å². The molecule has 148 valence electrons. The molecule has 2 amide bonds. The van der Waals surface area contributed by atoms with Crippen LogP contribution < -0.4 is 10.2 Å². The minimum absolute atomic E-state index is 0.0240. The largest absolute Gasteiger partial charge is 0.352 e. The maximum absolute atomic E-state index is 12.6. The third-order valence-corrected chi connectivity index (χ3v) is 5.93. The second-order valence-electron chi connectivity index (χ2n) is 7.06. The van der Waals surface area contributed by atoms with Crippen LogP contribution in [0, 0.1) is 12.8 Å². The topological polar surface area (TPSA) is 80.1 Å². The smallest absolute Gasteiger partial charge is 0.227 e. The van der Waals surface area contributed by atoms with Crippen LogP contribution in [0.1, 0.15) is 17.5 Å². The van der Waals surface area contributed by atoms with Crippen LogP contribution >= 0.6 is 15.9 Å². The van der Waals surface area contributed by atoms with Gasteiger partial charge in [0.2, 0.25) is 11.8 Å². The highest BCUT2D eigenvalue weighted by atomic mass is 79.9. The molecule has 0 spiro atoms. The van der Waals surface area contributed by atoms with E-state index in [2.05, 4.69) is 31.3 Å². The molecule has 1 unspecified atom stereocenters. The molecule has 29 heavy (non-hydrogen) atoms. The maximum atomic E-state index is 12.6. The molecular weight excluding hydrogens is 434 g/mol. The van der Waals surface area contributed by atoms with Crippen LogP contribution in [0.5, 0.6) is 0 Å². The molecule has 0 saturated carbocycles. The van der Waals surface area contributed by atoms with Crippen LogP contribution in [-0.4, -0.2) is 33.1 Å². The summed E-state index contributed by atoms with van der Waals surface area (Å²) in [5.41, 5.74) is 3.76. The van der Waals surface area contributed by atoms with E-state index in [1.807, 2.05) is 49.4 Å². The highest BCUT2D eigenvalue weighted by Gasteiger charge is 2.35. The first kappa shape index (κ1) is 19.3. The molecule has 0 radical (unpaired) electrons. The lowest BCUT2D eigenvalue weighted by molar-refractivity contribution is -0.126. The molecule has 2 heterocycles. The van der Waals surface area contributed by atoms with Gasteiger partial charge in [-0.3, -0.25) is 9.59 Å². The number of carbonyl (C=O) groups is 2. The summed E-state index contributed by atoms with van der Waals surface area (Å²) in [6, 6.07) is 13.5. The Morgan fingerprint density at radius 1 is 1.21 bits per heavy atom. The quantitative estimate of drug-likeness (QED) is 0.643. The first-order valence-corrected chi connectivity index (χ1v) is 10.1. The third-order valence-electron chi connectivity index (χ3n) is 5.04. The van der Waals surface area contributed by atoms with Crippen molar-refractivity contribution in [2.24, 2.45) is 5.92 Å². The summed E-state index contributed by atoms with van der Waals surface area (Å²) >= 11 is 3.47. The Kier molecular flexibility index (Phi) is 5.44. The Bertz CT molecular complexity index is 1030. The standard InChI is InChI=1S/C21H20BrN5O2/c1-14-8-18(6-7-19(14)22)26-11-16(9-20(26)28)21(29)24-10-15-2-4-17(5-3-15)27-13-23-12-25-27/h2-8,12-13,16H,9-11H2,1H3,(H,24,29). The van der Waals surface area contributed by atoms with Crippen molar-refractivity contribution >= 4 is 33.4 Å². The van der Waals surface area contributed by atoms with Gasteiger partial charge in [0.05, 0.1) is 11.6 Å². The summed E-state index contributed by atoms with van der Waals surface area (Å²) in [5.74, 6) is -0.472. The van der Waals surface area contributed by atoms with Gasteiger partial charge < -0.3 is 10.2 Å². The van der Waals surface area contributed by atoms with E-state index in [1.54, 1.807) is 15.9 Å². The molecule has 3 aromatic rings. The fraction of sp³-hybridized carbons (Fsp3) is 0.238. The van der Waals surface area contributed by atoms with Crippen molar-refractivity contribution in [2.75, 3.05) is 11.4 Å². The molecular formula is C21H20BrN5O2. The van der Waals surface area contributed by atoms with Gasteiger partial charge in [0.25, 0.3) is 0 Å². The van der Waals surface area contributed by atoms with Gasteiger partial charge in [0.1, 0.15) is 12.7 Å². The van der Waals surface area contributed by atoms with Crippen LogP contribution in [-0.2, 0) is 16.1 Å². The molecule has 1 atom stereocenters. The van der Waals surface area contributed by atoms with Crippen molar-refractivity contribution < 1.29 is 9.59 Å². The van der Waals surface area contributed by atoms with Gasteiger partial charge in [0.15, 0.2) is 0 Å². The summed E-state index contributed by atoms with van der Waals surface area (Å²) in [4.78, 5) is 30.6. The summed E-state index contributed by atoms with van der Waals surface area (Å²) in [5, 5.41) is 7.04. The number of halogens is 1. The zero-order chi connectivity index (χ0) is 20.4. The van der Waals surface area contributed by atoms with Crippen molar-refractivity contribution in [3.05, 3.63) is 70.7 Å². The molecule has 8 heteroatoms. The zero-order valence-corrected chi connectivity index (χ0v) is 17.5. The fourth-order valence-electron chi connectivity index (χ4n) is 3.37. The highest BCUT2D eigenvalue weighted by Crippen LogP contribution is 2.28. The van der Waals surface area contributed by atoms with Gasteiger partial charge >= 0.3 is 0 Å². The van der Waals surface area contributed by atoms with E-state index in [1.165, 1.54) is 6.33 Å². The first-order valence-electron chi connectivity index (χ1n) is 9.29. The Hall–Kier alpha value is -3.00. The molecule has 7 nitrogen and oxygen atoms in total. The minimum Gasteiger partial charge on any atom is -0.352 e. The minimum atomic E-state index is -0.346. The van der Waals surface area contributed by atoms with Crippen LogP contribution in [0.4, 0.5) is 5.69 Å². The van der Waals surface area contributed by atoms with Crippen molar-refractivity contribution in [1.82, 2.24) is 20.1 Å². The zero-order valence-electron chi connectivity index (χ0n) is 15.9. The molecule has 1 N–H and O–H groups in total. The number of rotatable bonds is 5. The van der Waals surface area contributed by atoms with Crippen molar-refractivity contribution in [1.29, 1.82) is 0 Å². The molecule has 1 aliphatic rings. The SMILES string of the molecule is Cc1cc(N2CC(C(=O)NCc3ccc(-n4cncn4)cc3)CC2=O)ccc1Br. The molecule has 1 saturated heterocycles. The molecule has 4 rings (SSSR count). The lowest BCUT2D eigenvalue weighted by Gasteiger charge is -2.18. The van der Waals surface area contributed by atoms with Crippen LogP contribution in [0.15, 0.2) is 59.6 Å². The third kappa shape index (κ3) is 4.22. The predicted molar refractivity (Wildman–Crippen MR) is 113 cm³/mol. The number of anilines is 1. The molecule has 2 aromatic carbocycles. The average molecular weight is 454 g/mol.